The Bertz CT molecular complexity index is 701. The van der Waals surface area contributed by atoms with Gasteiger partial charge in [0, 0.05) is 19.1 Å². The van der Waals surface area contributed by atoms with E-state index in [0.717, 1.165) is 18.5 Å². The van der Waals surface area contributed by atoms with Crippen molar-refractivity contribution < 1.29 is 18.0 Å². The zero-order valence-corrected chi connectivity index (χ0v) is 16.1. The van der Waals surface area contributed by atoms with Gasteiger partial charge in [0.2, 0.25) is 0 Å². The lowest BCUT2D eigenvalue weighted by atomic mass is 9.83. The number of urea groups is 1. The molecule has 156 valence electrons. The van der Waals surface area contributed by atoms with Gasteiger partial charge in [-0.15, -0.1) is 0 Å². The number of nitrogens with zero attached hydrogens (tertiary/aromatic N) is 3. The standard InChI is InChI=1S/C19H28F3N5O/c1-26-17(16(10-24-26)12-2-3-12)11-23-18(28)25-14-8-15(9-14)27-6-4-13(5-7-27)19(20,21)22/h10,12-15H,2-9,11H2,1H3,(H2,23,25,28). The van der Waals surface area contributed by atoms with Gasteiger partial charge in [-0.3, -0.25) is 4.68 Å². The SMILES string of the molecule is Cn1ncc(C2CC2)c1CNC(=O)NC1CC(N2CCC(C(F)(F)F)CC2)C1. The first kappa shape index (κ1) is 19.5. The Balaban J connectivity index is 1.16. The number of aryl methyl sites for hydroxylation is 1. The van der Waals surface area contributed by atoms with Crippen LogP contribution in [-0.2, 0) is 13.6 Å². The molecule has 1 aromatic rings. The van der Waals surface area contributed by atoms with E-state index in [0.29, 0.717) is 25.6 Å². The molecule has 3 fully saturated rings. The molecule has 1 saturated heterocycles. The first-order valence-corrected chi connectivity index (χ1v) is 10.2. The number of carbonyl (C=O) groups is 1. The molecule has 0 aromatic carbocycles. The lowest BCUT2D eigenvalue weighted by Crippen LogP contribution is -2.57. The number of nitrogens with one attached hydrogen (secondary N) is 2. The fourth-order valence-electron chi connectivity index (χ4n) is 4.43. The van der Waals surface area contributed by atoms with Crippen molar-refractivity contribution in [1.82, 2.24) is 25.3 Å². The van der Waals surface area contributed by atoms with Gasteiger partial charge in [0.25, 0.3) is 0 Å². The predicted octanol–water partition coefficient (Wildman–Crippen LogP) is 2.90. The zero-order valence-electron chi connectivity index (χ0n) is 16.1. The largest absolute Gasteiger partial charge is 0.391 e. The van der Waals surface area contributed by atoms with Crippen molar-refractivity contribution in [2.75, 3.05) is 13.1 Å². The lowest BCUT2D eigenvalue weighted by molar-refractivity contribution is -0.187. The molecule has 0 bridgehead atoms. The number of rotatable bonds is 5. The van der Waals surface area contributed by atoms with Crippen LogP contribution in [0.2, 0.25) is 0 Å². The molecule has 0 spiro atoms. The van der Waals surface area contributed by atoms with Crippen LogP contribution in [0.3, 0.4) is 0 Å². The van der Waals surface area contributed by atoms with E-state index in [4.69, 9.17) is 0 Å². The Hall–Kier alpha value is -1.77. The van der Waals surface area contributed by atoms with E-state index in [-0.39, 0.29) is 31.0 Å². The molecule has 0 atom stereocenters. The fraction of sp³-hybridized carbons (Fsp3) is 0.789. The predicted molar refractivity (Wildman–Crippen MR) is 97.7 cm³/mol. The van der Waals surface area contributed by atoms with Crippen molar-refractivity contribution in [2.24, 2.45) is 13.0 Å². The van der Waals surface area contributed by atoms with Gasteiger partial charge >= 0.3 is 12.2 Å². The Morgan fingerprint density at radius 3 is 2.50 bits per heavy atom. The molecule has 2 aliphatic carbocycles. The van der Waals surface area contributed by atoms with Crippen LogP contribution in [0.4, 0.5) is 18.0 Å². The van der Waals surface area contributed by atoms with Crippen LogP contribution >= 0.6 is 0 Å². The molecule has 0 radical (unpaired) electrons. The van der Waals surface area contributed by atoms with E-state index in [2.05, 4.69) is 20.6 Å². The van der Waals surface area contributed by atoms with Crippen LogP contribution < -0.4 is 10.6 Å². The molecule has 1 aliphatic heterocycles. The number of hydrogen-bond acceptors (Lipinski definition) is 3. The van der Waals surface area contributed by atoms with Gasteiger partial charge in [-0.25, -0.2) is 4.79 Å². The molecule has 2 N–H and O–H groups in total. The van der Waals surface area contributed by atoms with Crippen LogP contribution in [0.25, 0.3) is 0 Å². The van der Waals surface area contributed by atoms with Crippen LogP contribution in [0, 0.1) is 5.92 Å². The summed E-state index contributed by atoms with van der Waals surface area (Å²) in [5, 5.41) is 10.2. The second-order valence-electron chi connectivity index (χ2n) is 8.45. The summed E-state index contributed by atoms with van der Waals surface area (Å²) in [4.78, 5) is 14.3. The van der Waals surface area contributed by atoms with Crippen LogP contribution in [0.5, 0.6) is 0 Å². The van der Waals surface area contributed by atoms with E-state index in [1.54, 1.807) is 0 Å². The first-order chi connectivity index (χ1) is 13.3. The van der Waals surface area contributed by atoms with Crippen molar-refractivity contribution in [3.05, 3.63) is 17.5 Å². The average Bonchev–Trinajstić information content (AvgIpc) is 3.39. The number of halogens is 3. The second kappa shape index (κ2) is 7.57. The van der Waals surface area contributed by atoms with Gasteiger partial charge in [0.05, 0.1) is 24.4 Å². The van der Waals surface area contributed by atoms with Crippen LogP contribution in [0.15, 0.2) is 6.20 Å². The first-order valence-electron chi connectivity index (χ1n) is 10.2. The Labute approximate surface area is 162 Å². The van der Waals surface area contributed by atoms with Crippen molar-refractivity contribution >= 4 is 6.03 Å². The molecular weight excluding hydrogens is 371 g/mol. The number of aromatic nitrogens is 2. The van der Waals surface area contributed by atoms with Gasteiger partial charge in [-0.2, -0.15) is 18.3 Å². The topological polar surface area (TPSA) is 62.2 Å². The maximum Gasteiger partial charge on any atom is 0.391 e. The third-order valence-corrected chi connectivity index (χ3v) is 6.48. The molecule has 0 unspecified atom stereocenters. The zero-order chi connectivity index (χ0) is 19.9. The Morgan fingerprint density at radius 1 is 1.21 bits per heavy atom. The molecule has 3 aliphatic rings. The summed E-state index contributed by atoms with van der Waals surface area (Å²) in [6.45, 7) is 1.45. The molecule has 2 saturated carbocycles. The Kier molecular flexibility index (Phi) is 5.28. The molecule has 9 heteroatoms. The summed E-state index contributed by atoms with van der Waals surface area (Å²) in [5.74, 6) is -0.571. The summed E-state index contributed by atoms with van der Waals surface area (Å²) < 4.78 is 40.1. The van der Waals surface area contributed by atoms with Gasteiger partial charge in [-0.1, -0.05) is 0 Å². The smallest absolute Gasteiger partial charge is 0.335 e. The molecule has 2 amide bonds. The number of hydrogen-bond donors (Lipinski definition) is 2. The molecule has 2 heterocycles. The summed E-state index contributed by atoms with van der Waals surface area (Å²) in [6.07, 6.45) is 2.20. The third-order valence-electron chi connectivity index (χ3n) is 6.48. The van der Waals surface area contributed by atoms with Crippen LogP contribution in [-0.4, -0.2) is 52.1 Å². The van der Waals surface area contributed by atoms with Gasteiger partial charge in [-0.05, 0) is 63.1 Å². The van der Waals surface area contributed by atoms with Gasteiger partial charge in [0.15, 0.2) is 0 Å². The van der Waals surface area contributed by atoms with E-state index in [1.165, 1.54) is 18.4 Å². The highest BCUT2D eigenvalue weighted by atomic mass is 19.4. The maximum absolute atomic E-state index is 12.8. The molecule has 1 aromatic heterocycles. The minimum atomic E-state index is -4.07. The molecule has 6 nitrogen and oxygen atoms in total. The second-order valence-corrected chi connectivity index (χ2v) is 8.45. The number of likely N-dealkylation sites (tertiary alicyclic amines) is 1. The summed E-state index contributed by atoms with van der Waals surface area (Å²) >= 11 is 0. The van der Waals surface area contributed by atoms with Gasteiger partial charge in [0.1, 0.15) is 0 Å². The summed E-state index contributed by atoms with van der Waals surface area (Å²) in [5.41, 5.74) is 2.28. The van der Waals surface area contributed by atoms with E-state index in [1.807, 2.05) is 17.9 Å². The maximum atomic E-state index is 12.8. The van der Waals surface area contributed by atoms with Crippen molar-refractivity contribution in [1.29, 1.82) is 0 Å². The summed E-state index contributed by atoms with van der Waals surface area (Å²) in [7, 11) is 1.89. The fourth-order valence-corrected chi connectivity index (χ4v) is 4.43. The molecular formula is C19H28F3N5O. The number of carbonyl (C=O) groups excluding carboxylic acids is 1. The highest BCUT2D eigenvalue weighted by molar-refractivity contribution is 5.74. The Morgan fingerprint density at radius 2 is 1.89 bits per heavy atom. The quantitative estimate of drug-likeness (QED) is 0.800. The van der Waals surface area contributed by atoms with E-state index >= 15 is 0 Å². The van der Waals surface area contributed by atoms with Crippen molar-refractivity contribution in [3.8, 4) is 0 Å². The molecule has 4 rings (SSSR count). The summed E-state index contributed by atoms with van der Waals surface area (Å²) in [6, 6.07) is 0.194. The van der Waals surface area contributed by atoms with Crippen molar-refractivity contribution in [3.63, 3.8) is 0 Å². The normalized spacial score (nSPS) is 26.7. The van der Waals surface area contributed by atoms with Gasteiger partial charge < -0.3 is 15.5 Å². The number of alkyl halides is 3. The van der Waals surface area contributed by atoms with Crippen LogP contribution in [0.1, 0.15) is 55.7 Å². The third kappa shape index (κ3) is 4.29. The minimum absolute atomic E-state index is 0.0970. The average molecular weight is 399 g/mol. The highest BCUT2D eigenvalue weighted by Crippen LogP contribution is 2.41. The highest BCUT2D eigenvalue weighted by Gasteiger charge is 2.43. The monoisotopic (exact) mass is 399 g/mol. The number of amides is 2. The minimum Gasteiger partial charge on any atom is -0.335 e. The van der Waals surface area contributed by atoms with E-state index in [9.17, 15) is 18.0 Å². The number of piperidine rings is 1. The van der Waals surface area contributed by atoms with E-state index < -0.39 is 12.1 Å². The lowest BCUT2D eigenvalue weighted by Gasteiger charge is -2.46. The van der Waals surface area contributed by atoms with Crippen molar-refractivity contribution in [2.45, 2.75) is 69.2 Å². The molecule has 28 heavy (non-hydrogen) atoms.